The zero-order chi connectivity index (χ0) is 18.2. The van der Waals surface area contributed by atoms with Crippen molar-refractivity contribution in [1.29, 1.82) is 0 Å². The minimum absolute atomic E-state index is 0.184. The van der Waals surface area contributed by atoms with Gasteiger partial charge in [-0.05, 0) is 17.7 Å². The summed E-state index contributed by atoms with van der Waals surface area (Å²) in [7, 11) is 2.99. The summed E-state index contributed by atoms with van der Waals surface area (Å²) in [6.07, 6.45) is 0.184. The molecule has 2 amide bonds. The molecule has 25 heavy (non-hydrogen) atoms. The highest BCUT2D eigenvalue weighted by atomic mass is 16.5. The lowest BCUT2D eigenvalue weighted by Gasteiger charge is -2.16. The largest absolute Gasteiger partial charge is 0.497 e. The van der Waals surface area contributed by atoms with Gasteiger partial charge in [0, 0.05) is 12.5 Å². The van der Waals surface area contributed by atoms with Gasteiger partial charge in [0.2, 0.25) is 0 Å². The summed E-state index contributed by atoms with van der Waals surface area (Å²) in [6.45, 7) is 0. The average molecular weight is 344 g/mol. The van der Waals surface area contributed by atoms with Crippen molar-refractivity contribution < 1.29 is 24.2 Å². The molecule has 3 N–H and O–H groups in total. The number of carboxylic acids is 1. The number of hydrogen-bond donors (Lipinski definition) is 3. The van der Waals surface area contributed by atoms with Crippen molar-refractivity contribution in [3.63, 3.8) is 0 Å². The molecule has 0 heterocycles. The monoisotopic (exact) mass is 344 g/mol. The number of carbonyl (C=O) groups excluding carboxylic acids is 1. The van der Waals surface area contributed by atoms with Crippen molar-refractivity contribution in [3.8, 4) is 11.5 Å². The van der Waals surface area contributed by atoms with Crippen LogP contribution in [0, 0.1) is 0 Å². The first-order valence-electron chi connectivity index (χ1n) is 7.59. The summed E-state index contributed by atoms with van der Waals surface area (Å²) in [5, 5.41) is 14.4. The fourth-order valence-electron chi connectivity index (χ4n) is 2.27. The maximum Gasteiger partial charge on any atom is 0.326 e. The lowest BCUT2D eigenvalue weighted by molar-refractivity contribution is -0.139. The number of ether oxygens (including phenoxy) is 2. The summed E-state index contributed by atoms with van der Waals surface area (Å²) in [5.74, 6) is -0.125. The zero-order valence-electron chi connectivity index (χ0n) is 14.0. The Kier molecular flexibility index (Phi) is 6.22. The topological polar surface area (TPSA) is 96.9 Å². The number of hydrogen-bond acceptors (Lipinski definition) is 4. The van der Waals surface area contributed by atoms with Gasteiger partial charge in [0.15, 0.2) is 0 Å². The first-order chi connectivity index (χ1) is 12.0. The molecule has 0 aliphatic heterocycles. The fourth-order valence-corrected chi connectivity index (χ4v) is 2.27. The van der Waals surface area contributed by atoms with Crippen molar-refractivity contribution in [2.75, 3.05) is 19.5 Å². The third-order valence-corrected chi connectivity index (χ3v) is 3.54. The van der Waals surface area contributed by atoms with Crippen molar-refractivity contribution >= 4 is 17.7 Å². The minimum atomic E-state index is -1.11. The predicted molar refractivity (Wildman–Crippen MR) is 93.3 cm³/mol. The molecule has 1 atom stereocenters. The molecule has 7 heteroatoms. The second-order valence-corrected chi connectivity index (χ2v) is 5.25. The van der Waals surface area contributed by atoms with Gasteiger partial charge < -0.3 is 25.2 Å². The summed E-state index contributed by atoms with van der Waals surface area (Å²) in [4.78, 5) is 23.6. The van der Waals surface area contributed by atoms with Gasteiger partial charge in [-0.3, -0.25) is 0 Å². The van der Waals surface area contributed by atoms with Crippen LogP contribution in [-0.2, 0) is 11.2 Å². The maximum atomic E-state index is 12.2. The standard InChI is InChI=1S/C18H20N2O5/c1-24-13-8-9-14(16(11-13)25-2)19-18(23)20-15(17(21)22)10-12-6-4-3-5-7-12/h3-9,11,15H,10H2,1-2H3,(H,21,22)(H2,19,20,23)/t15-/m0/s1. The van der Waals surface area contributed by atoms with Crippen LogP contribution in [0.15, 0.2) is 48.5 Å². The molecule has 0 saturated heterocycles. The van der Waals surface area contributed by atoms with E-state index in [9.17, 15) is 14.7 Å². The number of amides is 2. The van der Waals surface area contributed by atoms with Crippen LogP contribution < -0.4 is 20.1 Å². The summed E-state index contributed by atoms with van der Waals surface area (Å²) >= 11 is 0. The van der Waals surface area contributed by atoms with E-state index < -0.39 is 18.0 Å². The van der Waals surface area contributed by atoms with Gasteiger partial charge in [0.1, 0.15) is 17.5 Å². The first kappa shape index (κ1) is 18.1. The quantitative estimate of drug-likeness (QED) is 0.717. The number of methoxy groups -OCH3 is 2. The molecule has 0 bridgehead atoms. The Morgan fingerprint density at radius 2 is 1.80 bits per heavy atom. The molecular formula is C18H20N2O5. The van der Waals surface area contributed by atoms with Crippen LogP contribution in [0.2, 0.25) is 0 Å². The fraction of sp³-hybridized carbons (Fsp3) is 0.222. The van der Waals surface area contributed by atoms with E-state index in [1.807, 2.05) is 30.3 Å². The van der Waals surface area contributed by atoms with Crippen LogP contribution in [0.1, 0.15) is 5.56 Å². The van der Waals surface area contributed by atoms with Crippen LogP contribution >= 0.6 is 0 Å². The molecule has 0 aromatic heterocycles. The third kappa shape index (κ3) is 5.13. The molecule has 0 unspecified atom stereocenters. The van der Waals surface area contributed by atoms with E-state index in [1.165, 1.54) is 14.2 Å². The number of carboxylic acid groups (broad SMARTS) is 1. The molecule has 2 aromatic rings. The van der Waals surface area contributed by atoms with E-state index in [4.69, 9.17) is 9.47 Å². The maximum absolute atomic E-state index is 12.2. The molecule has 2 rings (SSSR count). The van der Waals surface area contributed by atoms with Crippen LogP contribution in [-0.4, -0.2) is 37.4 Å². The Bertz CT molecular complexity index is 734. The second-order valence-electron chi connectivity index (χ2n) is 5.25. The molecule has 0 fully saturated rings. The molecule has 0 radical (unpaired) electrons. The minimum Gasteiger partial charge on any atom is -0.497 e. The SMILES string of the molecule is COc1ccc(NC(=O)N[C@@H](Cc2ccccc2)C(=O)O)c(OC)c1. The molecule has 0 aliphatic carbocycles. The second kappa shape index (κ2) is 8.58. The van der Waals surface area contributed by atoms with Crippen LogP contribution in [0.3, 0.4) is 0 Å². The highest BCUT2D eigenvalue weighted by Gasteiger charge is 2.21. The summed E-state index contributed by atoms with van der Waals surface area (Å²) < 4.78 is 10.3. The van der Waals surface area contributed by atoms with E-state index in [0.717, 1.165) is 5.56 Å². The molecule has 2 aromatic carbocycles. The van der Waals surface area contributed by atoms with Crippen molar-refractivity contribution in [1.82, 2.24) is 5.32 Å². The summed E-state index contributed by atoms with van der Waals surface area (Å²) in [6, 6.07) is 12.3. The van der Waals surface area contributed by atoms with Gasteiger partial charge in [0.25, 0.3) is 0 Å². The summed E-state index contributed by atoms with van der Waals surface area (Å²) in [5.41, 5.74) is 1.22. The Morgan fingerprint density at radius 3 is 2.40 bits per heavy atom. The van der Waals surface area contributed by atoms with Gasteiger partial charge in [-0.1, -0.05) is 30.3 Å². The lowest BCUT2D eigenvalue weighted by atomic mass is 10.1. The van der Waals surface area contributed by atoms with Gasteiger partial charge in [-0.2, -0.15) is 0 Å². The third-order valence-electron chi connectivity index (χ3n) is 3.54. The average Bonchev–Trinajstić information content (AvgIpc) is 2.62. The Labute approximate surface area is 145 Å². The van der Waals surface area contributed by atoms with E-state index in [2.05, 4.69) is 10.6 Å². The van der Waals surface area contributed by atoms with Crippen molar-refractivity contribution in [2.45, 2.75) is 12.5 Å². The van der Waals surface area contributed by atoms with E-state index in [0.29, 0.717) is 17.2 Å². The molecule has 132 valence electrons. The highest BCUT2D eigenvalue weighted by Crippen LogP contribution is 2.28. The molecule has 0 saturated carbocycles. The lowest BCUT2D eigenvalue weighted by Crippen LogP contribution is -2.44. The van der Waals surface area contributed by atoms with E-state index in [1.54, 1.807) is 18.2 Å². The molecule has 0 aliphatic rings. The van der Waals surface area contributed by atoms with Gasteiger partial charge >= 0.3 is 12.0 Å². The van der Waals surface area contributed by atoms with E-state index in [-0.39, 0.29) is 6.42 Å². The smallest absolute Gasteiger partial charge is 0.326 e. The Balaban J connectivity index is 2.05. The molecule has 0 spiro atoms. The Morgan fingerprint density at radius 1 is 1.08 bits per heavy atom. The number of anilines is 1. The zero-order valence-corrected chi connectivity index (χ0v) is 14.0. The van der Waals surface area contributed by atoms with Crippen molar-refractivity contribution in [3.05, 3.63) is 54.1 Å². The number of urea groups is 1. The van der Waals surface area contributed by atoms with Gasteiger partial charge in [0.05, 0.1) is 19.9 Å². The van der Waals surface area contributed by atoms with Crippen LogP contribution in [0.5, 0.6) is 11.5 Å². The Hall–Kier alpha value is -3.22. The van der Waals surface area contributed by atoms with Crippen LogP contribution in [0.25, 0.3) is 0 Å². The van der Waals surface area contributed by atoms with Crippen molar-refractivity contribution in [2.24, 2.45) is 0 Å². The van der Waals surface area contributed by atoms with Gasteiger partial charge in [-0.15, -0.1) is 0 Å². The first-order valence-corrected chi connectivity index (χ1v) is 7.59. The van der Waals surface area contributed by atoms with E-state index >= 15 is 0 Å². The normalized spacial score (nSPS) is 11.3. The van der Waals surface area contributed by atoms with Crippen LogP contribution in [0.4, 0.5) is 10.5 Å². The van der Waals surface area contributed by atoms with Gasteiger partial charge in [-0.25, -0.2) is 9.59 Å². The highest BCUT2D eigenvalue weighted by molar-refractivity contribution is 5.93. The number of rotatable bonds is 7. The number of nitrogens with one attached hydrogen (secondary N) is 2. The molecular weight excluding hydrogens is 324 g/mol. The molecule has 7 nitrogen and oxygen atoms in total. The number of aliphatic carboxylic acids is 1. The predicted octanol–water partition coefficient (Wildman–Crippen LogP) is 2.52. The number of carbonyl (C=O) groups is 2. The number of benzene rings is 2.